The van der Waals surface area contributed by atoms with Gasteiger partial charge in [-0.05, 0) is 18.8 Å². The third-order valence-electron chi connectivity index (χ3n) is 4.69. The van der Waals surface area contributed by atoms with Gasteiger partial charge in [-0.3, -0.25) is 9.69 Å². The first-order chi connectivity index (χ1) is 11.1. The lowest BCUT2D eigenvalue weighted by molar-refractivity contribution is -0.130. The van der Waals surface area contributed by atoms with Gasteiger partial charge in [0.1, 0.15) is 0 Å². The van der Waals surface area contributed by atoms with Gasteiger partial charge in [-0.1, -0.05) is 0 Å². The van der Waals surface area contributed by atoms with Crippen molar-refractivity contribution in [3.63, 3.8) is 0 Å². The highest BCUT2D eigenvalue weighted by Gasteiger charge is 2.32. The Morgan fingerprint density at radius 2 is 1.79 bits per heavy atom. The summed E-state index contributed by atoms with van der Waals surface area (Å²) in [4.78, 5) is 15.2. The molecule has 2 fully saturated rings. The van der Waals surface area contributed by atoms with Crippen molar-refractivity contribution >= 4 is 25.8 Å². The maximum atomic E-state index is 12.4. The largest absolute Gasteiger partial charge is 0.348 e. The van der Waals surface area contributed by atoms with Crippen LogP contribution in [0.2, 0.25) is 0 Å². The molecule has 1 atom stereocenters. The van der Waals surface area contributed by atoms with E-state index < -0.39 is 19.9 Å². The molecule has 1 amide bonds. The van der Waals surface area contributed by atoms with Crippen molar-refractivity contribution in [1.82, 2.24) is 14.1 Å². The minimum Gasteiger partial charge on any atom is -0.348 e. The van der Waals surface area contributed by atoms with Crippen LogP contribution in [0.5, 0.6) is 0 Å². The average Bonchev–Trinajstić information content (AvgIpc) is 2.85. The van der Waals surface area contributed by atoms with Crippen LogP contribution in [0.25, 0.3) is 0 Å². The predicted molar refractivity (Wildman–Crippen MR) is 91.9 cm³/mol. The minimum absolute atomic E-state index is 0.00378. The van der Waals surface area contributed by atoms with E-state index in [0.29, 0.717) is 45.6 Å². The molecule has 0 aromatic rings. The van der Waals surface area contributed by atoms with Crippen LogP contribution < -0.4 is 0 Å². The molecule has 0 bridgehead atoms. The van der Waals surface area contributed by atoms with Crippen molar-refractivity contribution in [3.05, 3.63) is 0 Å². The number of rotatable bonds is 6. The zero-order valence-electron chi connectivity index (χ0n) is 14.3. The molecule has 0 radical (unpaired) electrons. The zero-order valence-corrected chi connectivity index (χ0v) is 16.0. The van der Waals surface area contributed by atoms with E-state index in [1.54, 1.807) is 14.1 Å². The van der Waals surface area contributed by atoms with Crippen LogP contribution in [-0.2, 0) is 24.7 Å². The molecular formula is C14H27N3O5S2. The van der Waals surface area contributed by atoms with Gasteiger partial charge in [0.05, 0.1) is 23.8 Å². The first kappa shape index (κ1) is 19.6. The second-order valence-corrected chi connectivity index (χ2v) is 11.2. The molecule has 0 saturated carbocycles. The Bertz CT molecular complexity index is 652. The van der Waals surface area contributed by atoms with Gasteiger partial charge in [0.2, 0.25) is 15.9 Å². The summed E-state index contributed by atoms with van der Waals surface area (Å²) in [5.74, 6) is 0.265. The molecule has 140 valence electrons. The van der Waals surface area contributed by atoms with E-state index in [4.69, 9.17) is 0 Å². The summed E-state index contributed by atoms with van der Waals surface area (Å²) < 4.78 is 49.2. The van der Waals surface area contributed by atoms with Gasteiger partial charge < -0.3 is 4.90 Å². The highest BCUT2D eigenvalue weighted by atomic mass is 32.2. The number of carbonyl (C=O) groups is 1. The molecule has 0 aliphatic carbocycles. The monoisotopic (exact) mass is 381 g/mol. The Balaban J connectivity index is 1.79. The third kappa shape index (κ3) is 5.40. The topological polar surface area (TPSA) is 95.1 Å². The molecule has 2 rings (SSSR count). The van der Waals surface area contributed by atoms with Crippen molar-refractivity contribution in [1.29, 1.82) is 0 Å². The predicted octanol–water partition coefficient (Wildman–Crippen LogP) is -1.15. The van der Waals surface area contributed by atoms with Gasteiger partial charge in [-0.15, -0.1) is 0 Å². The molecule has 0 aromatic heterocycles. The lowest BCUT2D eigenvalue weighted by atomic mass is 10.1. The van der Waals surface area contributed by atoms with Crippen molar-refractivity contribution in [3.8, 4) is 0 Å². The molecule has 8 nitrogen and oxygen atoms in total. The molecule has 2 aliphatic rings. The van der Waals surface area contributed by atoms with Crippen LogP contribution in [0, 0.1) is 5.92 Å². The average molecular weight is 382 g/mol. The molecule has 2 heterocycles. The van der Waals surface area contributed by atoms with E-state index in [9.17, 15) is 21.6 Å². The molecule has 0 spiro atoms. The van der Waals surface area contributed by atoms with Crippen molar-refractivity contribution in [2.24, 2.45) is 5.92 Å². The quantitative estimate of drug-likeness (QED) is 0.576. The standard InChI is InChI=1S/C14H27N3O5S2/c1-15(2)14(18)11-16-5-7-17(8-6-16)24(21,22)10-4-13-3-9-23(19,20)12-13/h13H,3-12H2,1-2H3. The zero-order chi connectivity index (χ0) is 18.0. The fraction of sp³-hybridized carbons (Fsp3) is 0.929. The van der Waals surface area contributed by atoms with Crippen molar-refractivity contribution in [2.75, 3.05) is 64.1 Å². The molecule has 0 N–H and O–H groups in total. The van der Waals surface area contributed by atoms with Crippen molar-refractivity contribution in [2.45, 2.75) is 12.8 Å². The number of piperazine rings is 1. The second kappa shape index (κ2) is 7.67. The molecular weight excluding hydrogens is 354 g/mol. The third-order valence-corrected chi connectivity index (χ3v) is 8.43. The van der Waals surface area contributed by atoms with E-state index in [0.717, 1.165) is 0 Å². The summed E-state index contributed by atoms with van der Waals surface area (Å²) in [6, 6.07) is 0. The van der Waals surface area contributed by atoms with E-state index >= 15 is 0 Å². The molecule has 1 unspecified atom stereocenters. The van der Waals surface area contributed by atoms with Crippen molar-refractivity contribution < 1.29 is 21.6 Å². The summed E-state index contributed by atoms with van der Waals surface area (Å²) in [5.41, 5.74) is 0. The summed E-state index contributed by atoms with van der Waals surface area (Å²) in [5, 5.41) is 0. The summed E-state index contributed by atoms with van der Waals surface area (Å²) >= 11 is 0. The fourth-order valence-corrected chi connectivity index (χ4v) is 6.56. The SMILES string of the molecule is CN(C)C(=O)CN1CCN(S(=O)(=O)CCC2CCS(=O)(=O)C2)CC1. The van der Waals surface area contributed by atoms with Gasteiger partial charge >= 0.3 is 0 Å². The van der Waals surface area contributed by atoms with E-state index in [-0.39, 0.29) is 29.1 Å². The lowest BCUT2D eigenvalue weighted by Gasteiger charge is -2.34. The Morgan fingerprint density at radius 3 is 2.29 bits per heavy atom. The molecule has 2 saturated heterocycles. The van der Waals surface area contributed by atoms with Gasteiger partial charge in [0, 0.05) is 40.3 Å². The highest BCUT2D eigenvalue weighted by molar-refractivity contribution is 7.91. The van der Waals surface area contributed by atoms with Crippen LogP contribution in [0.3, 0.4) is 0 Å². The van der Waals surface area contributed by atoms with E-state index in [1.165, 1.54) is 9.21 Å². The number of likely N-dealkylation sites (N-methyl/N-ethyl adjacent to an activating group) is 1. The van der Waals surface area contributed by atoms with Crippen LogP contribution in [-0.4, -0.2) is 101 Å². The highest BCUT2D eigenvalue weighted by Crippen LogP contribution is 2.23. The van der Waals surface area contributed by atoms with Crippen LogP contribution >= 0.6 is 0 Å². The normalized spacial score (nSPS) is 25.7. The summed E-state index contributed by atoms with van der Waals surface area (Å²) in [6.45, 7) is 2.14. The maximum absolute atomic E-state index is 12.4. The number of amides is 1. The molecule has 10 heteroatoms. The fourth-order valence-electron chi connectivity index (χ4n) is 3.04. The Hall–Kier alpha value is -0.710. The smallest absolute Gasteiger partial charge is 0.236 e. The van der Waals surface area contributed by atoms with Gasteiger partial charge in [0.25, 0.3) is 0 Å². The maximum Gasteiger partial charge on any atom is 0.236 e. The molecule has 24 heavy (non-hydrogen) atoms. The number of sulfone groups is 1. The number of carbonyl (C=O) groups excluding carboxylic acids is 1. The van der Waals surface area contributed by atoms with Crippen LogP contribution in [0.4, 0.5) is 0 Å². The number of hydrogen-bond donors (Lipinski definition) is 0. The first-order valence-electron chi connectivity index (χ1n) is 8.20. The number of sulfonamides is 1. The Labute approximate surface area is 144 Å². The number of nitrogens with zero attached hydrogens (tertiary/aromatic N) is 3. The Morgan fingerprint density at radius 1 is 1.17 bits per heavy atom. The second-order valence-electron chi connectivity index (χ2n) is 6.84. The van der Waals surface area contributed by atoms with E-state index in [1.807, 2.05) is 4.90 Å². The minimum atomic E-state index is -3.36. The van der Waals surface area contributed by atoms with Crippen LogP contribution in [0.15, 0.2) is 0 Å². The summed E-state index contributed by atoms with van der Waals surface area (Å²) in [7, 11) is -2.92. The Kier molecular flexibility index (Phi) is 6.27. The molecule has 2 aliphatic heterocycles. The summed E-state index contributed by atoms with van der Waals surface area (Å²) in [6.07, 6.45) is 0.971. The lowest BCUT2D eigenvalue weighted by Crippen LogP contribution is -2.51. The van der Waals surface area contributed by atoms with E-state index in [2.05, 4.69) is 0 Å². The molecule has 0 aromatic carbocycles. The van der Waals surface area contributed by atoms with Gasteiger partial charge in [0.15, 0.2) is 9.84 Å². The van der Waals surface area contributed by atoms with Gasteiger partial charge in [-0.2, -0.15) is 4.31 Å². The van der Waals surface area contributed by atoms with Crippen LogP contribution in [0.1, 0.15) is 12.8 Å². The number of hydrogen-bond acceptors (Lipinski definition) is 6. The first-order valence-corrected chi connectivity index (χ1v) is 11.6. The van der Waals surface area contributed by atoms with Gasteiger partial charge in [-0.25, -0.2) is 16.8 Å².